The van der Waals surface area contributed by atoms with Crippen LogP contribution in [0.4, 0.5) is 5.69 Å². The average Bonchev–Trinajstić information content (AvgIpc) is 2.64. The fourth-order valence-electron chi connectivity index (χ4n) is 2.50. The smallest absolute Gasteiger partial charge is 0.270 e. The van der Waals surface area contributed by atoms with Crippen molar-refractivity contribution in [3.63, 3.8) is 0 Å². The molecule has 1 amide bonds. The number of anilines is 1. The highest BCUT2D eigenvalue weighted by molar-refractivity contribution is 5.92. The van der Waals surface area contributed by atoms with Gasteiger partial charge in [0.05, 0.1) is 11.9 Å². The molecule has 5 nitrogen and oxygen atoms in total. The summed E-state index contributed by atoms with van der Waals surface area (Å²) in [5, 5.41) is 3.08. The highest BCUT2D eigenvalue weighted by atomic mass is 16.1. The lowest BCUT2D eigenvalue weighted by atomic mass is 10.0. The topological polar surface area (TPSA) is 80.0 Å². The van der Waals surface area contributed by atoms with Crippen LogP contribution in [0.25, 0.3) is 0 Å². The summed E-state index contributed by atoms with van der Waals surface area (Å²) in [6.07, 6.45) is 7.34. The third kappa shape index (κ3) is 3.92. The van der Waals surface area contributed by atoms with E-state index < -0.39 is 0 Å². The van der Waals surface area contributed by atoms with E-state index >= 15 is 0 Å². The Labute approximate surface area is 114 Å². The quantitative estimate of drug-likeness (QED) is 0.442. The number of pyridine rings is 1. The molecule has 1 aromatic rings. The normalized spacial score (nSPS) is 23.5. The van der Waals surface area contributed by atoms with Gasteiger partial charge in [-0.3, -0.25) is 10.6 Å². The summed E-state index contributed by atoms with van der Waals surface area (Å²) in [5.74, 6) is 5.94. The molecule has 19 heavy (non-hydrogen) atoms. The fourth-order valence-corrected chi connectivity index (χ4v) is 2.50. The van der Waals surface area contributed by atoms with E-state index in [0.29, 0.717) is 11.4 Å². The number of nitrogens with two attached hydrogens (primary N) is 1. The first kappa shape index (κ1) is 13.8. The van der Waals surface area contributed by atoms with Gasteiger partial charge in [0.1, 0.15) is 5.69 Å². The molecule has 0 radical (unpaired) electrons. The Kier molecular flexibility index (Phi) is 4.74. The van der Waals surface area contributed by atoms with Gasteiger partial charge in [0, 0.05) is 6.04 Å². The summed E-state index contributed by atoms with van der Waals surface area (Å²) >= 11 is 0. The number of hydrogen-bond acceptors (Lipinski definition) is 4. The number of carbonyl (C=O) groups is 1. The molecule has 0 aromatic carbocycles. The summed E-state index contributed by atoms with van der Waals surface area (Å²) in [7, 11) is 0. The highest BCUT2D eigenvalue weighted by Crippen LogP contribution is 2.22. The molecule has 0 aliphatic heterocycles. The Hall–Kier alpha value is -1.62. The van der Waals surface area contributed by atoms with Crippen molar-refractivity contribution in [2.24, 2.45) is 11.8 Å². The predicted molar refractivity (Wildman–Crippen MR) is 75.6 cm³/mol. The molecule has 104 valence electrons. The lowest BCUT2D eigenvalue weighted by Crippen LogP contribution is -2.34. The Bertz CT molecular complexity index is 418. The van der Waals surface area contributed by atoms with Gasteiger partial charge in [-0.2, -0.15) is 0 Å². The van der Waals surface area contributed by atoms with Crippen LogP contribution in [0.2, 0.25) is 0 Å². The number of nitrogens with zero attached hydrogens (tertiary/aromatic N) is 1. The molecule has 0 bridgehead atoms. The molecule has 1 heterocycles. The molecule has 0 saturated heterocycles. The summed E-state index contributed by atoms with van der Waals surface area (Å²) in [5.41, 5.74) is 3.63. The Morgan fingerprint density at radius 2 is 2.16 bits per heavy atom. The van der Waals surface area contributed by atoms with Crippen LogP contribution >= 0.6 is 0 Å². The van der Waals surface area contributed by atoms with E-state index in [1.165, 1.54) is 19.3 Å². The number of aromatic nitrogens is 1. The zero-order valence-electron chi connectivity index (χ0n) is 11.4. The molecule has 1 aliphatic rings. The number of rotatable bonds is 3. The summed E-state index contributed by atoms with van der Waals surface area (Å²) < 4.78 is 0. The molecule has 2 unspecified atom stereocenters. The number of hydrazine groups is 1. The number of nitrogen functional groups attached to an aromatic ring is 1. The van der Waals surface area contributed by atoms with Crippen molar-refractivity contribution < 1.29 is 4.79 Å². The largest absolute Gasteiger partial charge is 0.348 e. The van der Waals surface area contributed by atoms with Gasteiger partial charge in [0.15, 0.2) is 0 Å². The molecule has 1 aromatic heterocycles. The molecule has 1 saturated carbocycles. The van der Waals surface area contributed by atoms with Crippen LogP contribution in [0.1, 0.15) is 49.5 Å². The minimum atomic E-state index is -0.0943. The van der Waals surface area contributed by atoms with E-state index in [4.69, 9.17) is 5.84 Å². The number of carbonyl (C=O) groups excluding carboxylic acids is 1. The van der Waals surface area contributed by atoms with Crippen LogP contribution in [-0.2, 0) is 0 Å². The zero-order chi connectivity index (χ0) is 13.7. The maximum absolute atomic E-state index is 12.1. The van der Waals surface area contributed by atoms with Crippen LogP contribution in [0.3, 0.4) is 0 Å². The summed E-state index contributed by atoms with van der Waals surface area (Å²) in [4.78, 5) is 16.2. The average molecular weight is 262 g/mol. The third-order valence-electron chi connectivity index (χ3n) is 3.76. The molecule has 1 fully saturated rings. The molecular weight excluding hydrogens is 240 g/mol. The van der Waals surface area contributed by atoms with E-state index in [0.717, 1.165) is 18.8 Å². The van der Waals surface area contributed by atoms with Crippen molar-refractivity contribution in [3.8, 4) is 0 Å². The van der Waals surface area contributed by atoms with Crippen LogP contribution in [0.5, 0.6) is 0 Å². The predicted octanol–water partition coefficient (Wildman–Crippen LogP) is 2.07. The molecular formula is C14H22N4O. The second kappa shape index (κ2) is 6.52. The van der Waals surface area contributed by atoms with Gasteiger partial charge in [0.2, 0.25) is 0 Å². The lowest BCUT2D eigenvalue weighted by molar-refractivity contribution is 0.0928. The van der Waals surface area contributed by atoms with E-state index in [-0.39, 0.29) is 11.9 Å². The van der Waals surface area contributed by atoms with Crippen molar-refractivity contribution in [2.75, 3.05) is 5.43 Å². The Morgan fingerprint density at radius 1 is 1.32 bits per heavy atom. The highest BCUT2D eigenvalue weighted by Gasteiger charge is 2.18. The summed E-state index contributed by atoms with van der Waals surface area (Å²) in [6.45, 7) is 2.28. The van der Waals surface area contributed by atoms with Crippen molar-refractivity contribution in [2.45, 2.75) is 45.1 Å². The molecule has 2 atom stereocenters. The second-order valence-corrected chi connectivity index (χ2v) is 5.36. The van der Waals surface area contributed by atoms with Crippen LogP contribution < -0.4 is 16.6 Å². The molecule has 4 N–H and O–H groups in total. The van der Waals surface area contributed by atoms with Gasteiger partial charge in [0.25, 0.3) is 5.91 Å². The van der Waals surface area contributed by atoms with Gasteiger partial charge in [-0.15, -0.1) is 0 Å². The number of hydrogen-bond donors (Lipinski definition) is 3. The van der Waals surface area contributed by atoms with E-state index in [2.05, 4.69) is 22.7 Å². The molecule has 1 aliphatic carbocycles. The van der Waals surface area contributed by atoms with E-state index in [9.17, 15) is 4.79 Å². The minimum absolute atomic E-state index is 0.0943. The lowest BCUT2D eigenvalue weighted by Gasteiger charge is -2.16. The third-order valence-corrected chi connectivity index (χ3v) is 3.76. The zero-order valence-corrected chi connectivity index (χ0v) is 11.4. The summed E-state index contributed by atoms with van der Waals surface area (Å²) in [6, 6.07) is 3.72. The first-order valence-corrected chi connectivity index (χ1v) is 6.92. The van der Waals surface area contributed by atoms with Crippen LogP contribution in [-0.4, -0.2) is 16.9 Å². The van der Waals surface area contributed by atoms with Crippen LogP contribution in [0.15, 0.2) is 18.3 Å². The maximum Gasteiger partial charge on any atom is 0.270 e. The molecule has 2 rings (SSSR count). The second-order valence-electron chi connectivity index (χ2n) is 5.36. The number of nitrogens with one attached hydrogen (secondary N) is 2. The van der Waals surface area contributed by atoms with Crippen molar-refractivity contribution in [1.82, 2.24) is 10.3 Å². The fraction of sp³-hybridized carbons (Fsp3) is 0.571. The van der Waals surface area contributed by atoms with Gasteiger partial charge in [-0.25, -0.2) is 4.98 Å². The van der Waals surface area contributed by atoms with Gasteiger partial charge >= 0.3 is 0 Å². The molecule has 5 heteroatoms. The Morgan fingerprint density at radius 3 is 2.84 bits per heavy atom. The van der Waals surface area contributed by atoms with E-state index in [1.807, 2.05) is 0 Å². The van der Waals surface area contributed by atoms with Gasteiger partial charge in [-0.05, 0) is 37.3 Å². The maximum atomic E-state index is 12.1. The van der Waals surface area contributed by atoms with Gasteiger partial charge < -0.3 is 10.7 Å². The molecule has 0 spiro atoms. The SMILES string of the molecule is CC1CCCC(NC(=O)c2ccc(NN)cn2)CC1. The van der Waals surface area contributed by atoms with Crippen molar-refractivity contribution >= 4 is 11.6 Å². The van der Waals surface area contributed by atoms with Crippen LogP contribution in [0, 0.1) is 5.92 Å². The minimum Gasteiger partial charge on any atom is -0.348 e. The van der Waals surface area contributed by atoms with Crippen molar-refractivity contribution in [1.29, 1.82) is 0 Å². The standard InChI is InChI=1S/C14H22N4O/c1-10-3-2-4-11(6-5-10)17-14(19)13-8-7-12(18-15)9-16-13/h7-11,18H,2-6,15H2,1H3,(H,17,19). The first-order valence-electron chi connectivity index (χ1n) is 6.92. The Balaban J connectivity index is 1.92. The first-order chi connectivity index (χ1) is 9.19. The monoisotopic (exact) mass is 262 g/mol. The van der Waals surface area contributed by atoms with E-state index in [1.54, 1.807) is 18.3 Å². The number of amides is 1. The van der Waals surface area contributed by atoms with Crippen molar-refractivity contribution in [3.05, 3.63) is 24.0 Å². The van der Waals surface area contributed by atoms with Gasteiger partial charge in [-0.1, -0.05) is 19.8 Å².